The van der Waals surface area contributed by atoms with Gasteiger partial charge in [0, 0.05) is 22.9 Å². The van der Waals surface area contributed by atoms with Gasteiger partial charge in [-0.1, -0.05) is 36.0 Å². The third-order valence-corrected chi connectivity index (χ3v) is 6.62. The molecule has 4 nitrogen and oxygen atoms in total. The highest BCUT2D eigenvalue weighted by atomic mass is 32.2. The lowest BCUT2D eigenvalue weighted by Crippen LogP contribution is -2.39. The van der Waals surface area contributed by atoms with Crippen LogP contribution in [0.25, 0.3) is 0 Å². The fourth-order valence-electron chi connectivity index (χ4n) is 4.09. The lowest BCUT2D eigenvalue weighted by atomic mass is 9.98. The van der Waals surface area contributed by atoms with Gasteiger partial charge in [0.2, 0.25) is 0 Å². The molecule has 142 valence electrons. The van der Waals surface area contributed by atoms with Crippen LogP contribution in [0.1, 0.15) is 25.7 Å². The molecule has 2 aromatic carbocycles. The van der Waals surface area contributed by atoms with Crippen LogP contribution in [0, 0.1) is 5.92 Å². The van der Waals surface area contributed by atoms with E-state index in [4.69, 9.17) is 0 Å². The van der Waals surface area contributed by atoms with E-state index in [2.05, 4.69) is 58.3 Å². The molecule has 0 spiro atoms. The number of carbonyl (C=O) groups is 1. The number of para-hydroxylation sites is 2. The molecule has 0 aliphatic carbocycles. The molecule has 0 aromatic heterocycles. The quantitative estimate of drug-likeness (QED) is 0.723. The van der Waals surface area contributed by atoms with Gasteiger partial charge >= 0.3 is 5.97 Å². The van der Waals surface area contributed by atoms with Crippen LogP contribution < -0.4 is 4.90 Å². The van der Waals surface area contributed by atoms with E-state index < -0.39 is 5.97 Å². The Labute approximate surface area is 165 Å². The summed E-state index contributed by atoms with van der Waals surface area (Å²) >= 11 is 1.85. The second-order valence-electron chi connectivity index (χ2n) is 7.37. The molecule has 1 N–H and O–H groups in total. The highest BCUT2D eigenvalue weighted by Crippen LogP contribution is 2.47. The Bertz CT molecular complexity index is 765. The Hall–Kier alpha value is -1.98. The predicted molar refractivity (Wildman–Crippen MR) is 110 cm³/mol. The van der Waals surface area contributed by atoms with Crippen LogP contribution in [0.5, 0.6) is 0 Å². The average Bonchev–Trinajstić information content (AvgIpc) is 2.70. The minimum absolute atomic E-state index is 0.184. The fraction of sp³-hybridized carbons (Fsp3) is 0.409. The molecule has 1 unspecified atom stereocenters. The first kappa shape index (κ1) is 18.4. The van der Waals surface area contributed by atoms with Gasteiger partial charge in [-0.15, -0.1) is 0 Å². The number of likely N-dealkylation sites (tertiary alicyclic amines) is 1. The number of carboxylic acids is 1. The zero-order valence-electron chi connectivity index (χ0n) is 15.5. The molecule has 2 aliphatic rings. The number of rotatable bonds is 6. The number of benzene rings is 2. The average molecular weight is 383 g/mol. The molecule has 2 heterocycles. The van der Waals surface area contributed by atoms with Crippen molar-refractivity contribution < 1.29 is 9.90 Å². The highest BCUT2D eigenvalue weighted by Gasteiger charge is 2.25. The van der Waals surface area contributed by atoms with Gasteiger partial charge in [-0.2, -0.15) is 0 Å². The molecule has 1 fully saturated rings. The molecule has 0 amide bonds. The molecular formula is C22H26N2O2S. The Balaban J connectivity index is 1.37. The number of anilines is 2. The number of hydrogen-bond acceptors (Lipinski definition) is 4. The summed E-state index contributed by atoms with van der Waals surface area (Å²) in [4.78, 5) is 18.6. The molecule has 27 heavy (non-hydrogen) atoms. The van der Waals surface area contributed by atoms with Crippen molar-refractivity contribution >= 4 is 29.1 Å². The van der Waals surface area contributed by atoms with Crippen molar-refractivity contribution in [3.05, 3.63) is 48.5 Å². The maximum absolute atomic E-state index is 11.2. The van der Waals surface area contributed by atoms with E-state index in [1.807, 2.05) is 11.8 Å². The SMILES string of the molecule is O=C(O)C1CCCN(CCCCN2c3ccccc3Sc3ccccc32)C1. The van der Waals surface area contributed by atoms with Crippen LogP contribution >= 0.6 is 11.8 Å². The van der Waals surface area contributed by atoms with Gasteiger partial charge in [0.1, 0.15) is 0 Å². The van der Waals surface area contributed by atoms with Gasteiger partial charge in [0.25, 0.3) is 0 Å². The molecule has 2 aromatic rings. The molecule has 0 saturated carbocycles. The maximum Gasteiger partial charge on any atom is 0.307 e. The van der Waals surface area contributed by atoms with Crippen molar-refractivity contribution in [2.75, 3.05) is 31.1 Å². The van der Waals surface area contributed by atoms with E-state index in [9.17, 15) is 9.90 Å². The van der Waals surface area contributed by atoms with Crippen LogP contribution in [0.15, 0.2) is 58.3 Å². The Morgan fingerprint density at radius 3 is 2.30 bits per heavy atom. The summed E-state index contributed by atoms with van der Waals surface area (Å²) < 4.78 is 0. The van der Waals surface area contributed by atoms with Crippen molar-refractivity contribution in [1.29, 1.82) is 0 Å². The molecule has 5 heteroatoms. The number of carboxylic acid groups (broad SMARTS) is 1. The summed E-state index contributed by atoms with van der Waals surface area (Å²) in [6, 6.07) is 17.2. The van der Waals surface area contributed by atoms with Crippen molar-refractivity contribution in [3.8, 4) is 0 Å². The number of piperidine rings is 1. The monoisotopic (exact) mass is 382 g/mol. The van der Waals surface area contributed by atoms with Crippen molar-refractivity contribution in [2.45, 2.75) is 35.5 Å². The first-order valence-corrected chi connectivity index (χ1v) is 10.6. The van der Waals surface area contributed by atoms with Crippen molar-refractivity contribution in [3.63, 3.8) is 0 Å². The molecule has 1 saturated heterocycles. The van der Waals surface area contributed by atoms with Crippen LogP contribution in [0.4, 0.5) is 11.4 Å². The van der Waals surface area contributed by atoms with Gasteiger partial charge in [-0.05, 0) is 63.0 Å². The van der Waals surface area contributed by atoms with Crippen LogP contribution in [-0.2, 0) is 4.79 Å². The Morgan fingerprint density at radius 2 is 1.63 bits per heavy atom. The number of fused-ring (bicyclic) bond motifs is 2. The van der Waals surface area contributed by atoms with E-state index in [0.29, 0.717) is 6.54 Å². The highest BCUT2D eigenvalue weighted by molar-refractivity contribution is 7.99. The number of hydrogen-bond donors (Lipinski definition) is 1. The van der Waals surface area contributed by atoms with Crippen LogP contribution in [-0.4, -0.2) is 42.2 Å². The summed E-state index contributed by atoms with van der Waals surface area (Å²) in [5.74, 6) is -0.824. The smallest absolute Gasteiger partial charge is 0.307 e. The van der Waals surface area contributed by atoms with Crippen LogP contribution in [0.2, 0.25) is 0 Å². The van der Waals surface area contributed by atoms with E-state index >= 15 is 0 Å². The Kier molecular flexibility index (Phi) is 5.69. The van der Waals surface area contributed by atoms with Crippen molar-refractivity contribution in [1.82, 2.24) is 4.90 Å². The zero-order chi connectivity index (χ0) is 18.6. The Morgan fingerprint density at radius 1 is 1.00 bits per heavy atom. The van der Waals surface area contributed by atoms with Crippen molar-refractivity contribution in [2.24, 2.45) is 5.92 Å². The largest absolute Gasteiger partial charge is 0.481 e. The standard InChI is InChI=1S/C22H26N2O2S/c25-22(26)17-8-7-14-23(16-17)13-5-6-15-24-18-9-1-3-11-20(18)27-21-12-4-2-10-19(21)24/h1-4,9-12,17H,5-8,13-16H2,(H,25,26). The molecule has 1 atom stereocenters. The summed E-state index contributed by atoms with van der Waals surface area (Å²) in [7, 11) is 0. The predicted octanol–water partition coefficient (Wildman–Crippen LogP) is 4.87. The van der Waals surface area contributed by atoms with E-state index in [1.165, 1.54) is 21.2 Å². The summed E-state index contributed by atoms with van der Waals surface area (Å²) in [5, 5.41) is 9.25. The maximum atomic E-state index is 11.2. The minimum Gasteiger partial charge on any atom is -0.481 e. The van der Waals surface area contributed by atoms with E-state index in [0.717, 1.165) is 45.3 Å². The topological polar surface area (TPSA) is 43.8 Å². The molecule has 4 rings (SSSR count). The van der Waals surface area contributed by atoms with Gasteiger partial charge in [-0.3, -0.25) is 4.79 Å². The normalized spacial score (nSPS) is 19.4. The second kappa shape index (κ2) is 8.36. The zero-order valence-corrected chi connectivity index (χ0v) is 16.3. The minimum atomic E-state index is -0.640. The first-order chi connectivity index (χ1) is 13.2. The van der Waals surface area contributed by atoms with Crippen LogP contribution in [0.3, 0.4) is 0 Å². The summed E-state index contributed by atoms with van der Waals surface area (Å²) in [5.41, 5.74) is 2.59. The molecular weight excluding hydrogens is 356 g/mol. The van der Waals surface area contributed by atoms with Gasteiger partial charge in [0.15, 0.2) is 0 Å². The third-order valence-electron chi connectivity index (χ3n) is 5.49. The number of aliphatic carboxylic acids is 1. The van der Waals surface area contributed by atoms with Gasteiger partial charge in [-0.25, -0.2) is 0 Å². The molecule has 0 radical (unpaired) electrons. The van der Waals surface area contributed by atoms with E-state index in [1.54, 1.807) is 0 Å². The van der Waals surface area contributed by atoms with E-state index in [-0.39, 0.29) is 5.92 Å². The molecule has 2 aliphatic heterocycles. The lowest BCUT2D eigenvalue weighted by Gasteiger charge is -2.33. The molecule has 0 bridgehead atoms. The lowest BCUT2D eigenvalue weighted by molar-refractivity contribution is -0.143. The number of nitrogens with zero attached hydrogens (tertiary/aromatic N) is 2. The summed E-state index contributed by atoms with van der Waals surface area (Å²) in [6.07, 6.45) is 4.02. The summed E-state index contributed by atoms with van der Waals surface area (Å²) in [6.45, 7) is 3.73. The third kappa shape index (κ3) is 4.14. The first-order valence-electron chi connectivity index (χ1n) is 9.81. The number of unbranched alkanes of at least 4 members (excludes halogenated alkanes) is 1. The second-order valence-corrected chi connectivity index (χ2v) is 8.46. The van der Waals surface area contributed by atoms with Gasteiger partial charge in [0.05, 0.1) is 17.3 Å². The van der Waals surface area contributed by atoms with Gasteiger partial charge < -0.3 is 14.9 Å². The fourth-order valence-corrected chi connectivity index (χ4v) is 5.18.